The fraction of sp³-hybridized carbons (Fsp3) is 0.364. The number of nitrogens with zero attached hydrogens (tertiary/aromatic N) is 2. The van der Waals surface area contributed by atoms with Crippen LogP contribution in [0.3, 0.4) is 0 Å². The van der Waals surface area contributed by atoms with Crippen LogP contribution < -0.4 is 61.2 Å². The van der Waals surface area contributed by atoms with Crippen molar-refractivity contribution in [1.82, 2.24) is 0 Å². The van der Waals surface area contributed by atoms with Gasteiger partial charge in [0.25, 0.3) is 0 Å². The molecule has 0 saturated carbocycles. The average molecular weight is 391 g/mol. The second kappa shape index (κ2) is 13.4. The van der Waals surface area contributed by atoms with Gasteiger partial charge in [0.2, 0.25) is 0 Å². The summed E-state index contributed by atoms with van der Waals surface area (Å²) in [5, 5.41) is 9.96. The van der Waals surface area contributed by atoms with E-state index in [2.05, 4.69) is 36.0 Å². The Morgan fingerprint density at radius 1 is 1.04 bits per heavy atom. The molecule has 0 aromatic heterocycles. The molecule has 0 aliphatic carbocycles. The van der Waals surface area contributed by atoms with Gasteiger partial charge in [-0.15, -0.1) is 0 Å². The van der Waals surface area contributed by atoms with Crippen molar-refractivity contribution in [3.05, 3.63) is 65.7 Å². The molecular formula is C22H27KN2O2. The van der Waals surface area contributed by atoms with Crippen molar-refractivity contribution in [3.8, 4) is 5.75 Å². The van der Waals surface area contributed by atoms with Gasteiger partial charge < -0.3 is 9.84 Å². The molecule has 0 unspecified atom stereocenters. The summed E-state index contributed by atoms with van der Waals surface area (Å²) in [7, 11) is 0. The van der Waals surface area contributed by atoms with Crippen LogP contribution in [0.4, 0.5) is 0 Å². The number of hydrogen-bond donors (Lipinski definition) is 0. The second-order valence-electron chi connectivity index (χ2n) is 6.69. The molecule has 0 spiro atoms. The quantitative estimate of drug-likeness (QED) is 0.546. The van der Waals surface area contributed by atoms with Gasteiger partial charge in [0.15, 0.2) is 5.84 Å². The molecule has 1 heterocycles. The molecule has 2 aromatic carbocycles. The monoisotopic (exact) mass is 390 g/mol. The Hall–Kier alpha value is -0.824. The van der Waals surface area contributed by atoms with Gasteiger partial charge in [-0.1, -0.05) is 61.9 Å². The van der Waals surface area contributed by atoms with E-state index in [1.165, 1.54) is 17.7 Å². The number of rotatable bonds is 6. The van der Waals surface area contributed by atoms with Crippen LogP contribution in [0, 0.1) is 12.8 Å². The van der Waals surface area contributed by atoms with Crippen molar-refractivity contribution >= 4 is 11.5 Å². The maximum atomic E-state index is 9.96. The molecule has 5 heteroatoms. The van der Waals surface area contributed by atoms with E-state index >= 15 is 0 Å². The molecule has 0 N–H and O–H groups in total. The molecule has 1 aliphatic heterocycles. The van der Waals surface area contributed by atoms with Gasteiger partial charge in [-0.25, -0.2) is 4.99 Å². The molecule has 3 rings (SSSR count). The van der Waals surface area contributed by atoms with Crippen LogP contribution in [0.5, 0.6) is 5.75 Å². The number of hydrogen-bond acceptors (Lipinski definition) is 4. The number of ether oxygens (including phenoxy) is 1. The zero-order chi connectivity index (χ0) is 18.8. The van der Waals surface area contributed by atoms with Gasteiger partial charge in [0.05, 0.1) is 6.54 Å². The van der Waals surface area contributed by atoms with Crippen molar-refractivity contribution in [1.29, 1.82) is 0 Å². The molecule has 2 aromatic rings. The SMILES string of the molecule is CC(C)CCC1=NC(c2ccccc2)=NC1.Cc1ccc(OC[O-])cc1.[K+]. The van der Waals surface area contributed by atoms with Crippen molar-refractivity contribution in [3.63, 3.8) is 0 Å². The predicted molar refractivity (Wildman–Crippen MR) is 106 cm³/mol. The summed E-state index contributed by atoms with van der Waals surface area (Å²) in [5.74, 6) is 2.28. The van der Waals surface area contributed by atoms with Crippen LogP contribution in [-0.2, 0) is 0 Å². The standard InChI is InChI=1S/C14H18N2.C8H9O2.K/c1-11(2)8-9-13-10-15-14(16-13)12-6-4-3-5-7-12;1-7-2-4-8(5-3-7)10-6-9;/h3-7,11H,8-10H2,1-2H3;2-5H,6H2,1H3;/q;-1;+1. The Kier molecular flexibility index (Phi) is 12.0. The number of benzene rings is 2. The first-order chi connectivity index (χ1) is 12.6. The topological polar surface area (TPSA) is 57.0 Å². The molecule has 0 atom stereocenters. The predicted octanol–water partition coefficient (Wildman–Crippen LogP) is 1.02. The third-order valence-electron chi connectivity index (χ3n) is 3.96. The molecule has 138 valence electrons. The molecule has 0 bridgehead atoms. The van der Waals surface area contributed by atoms with E-state index in [0.29, 0.717) is 5.75 Å². The van der Waals surface area contributed by atoms with Crippen LogP contribution in [-0.4, -0.2) is 24.9 Å². The number of amidine groups is 1. The summed E-state index contributed by atoms with van der Waals surface area (Å²) >= 11 is 0. The molecule has 1 aliphatic rings. The van der Waals surface area contributed by atoms with Gasteiger partial charge in [-0.2, -0.15) is 0 Å². The summed E-state index contributed by atoms with van der Waals surface area (Å²) in [4.78, 5) is 9.08. The first-order valence-electron chi connectivity index (χ1n) is 9.02. The minimum absolute atomic E-state index is 0. The van der Waals surface area contributed by atoms with Crippen molar-refractivity contribution in [2.75, 3.05) is 13.3 Å². The van der Waals surface area contributed by atoms with E-state index in [4.69, 9.17) is 4.74 Å². The van der Waals surface area contributed by atoms with E-state index in [-0.39, 0.29) is 51.4 Å². The minimum Gasteiger partial charge on any atom is -0.824 e. The molecule has 0 radical (unpaired) electrons. The van der Waals surface area contributed by atoms with Crippen LogP contribution >= 0.6 is 0 Å². The van der Waals surface area contributed by atoms with Gasteiger partial charge in [-0.3, -0.25) is 4.99 Å². The fourth-order valence-electron chi connectivity index (χ4n) is 2.42. The molecule has 0 amide bonds. The van der Waals surface area contributed by atoms with E-state index < -0.39 is 6.79 Å². The fourth-order valence-corrected chi connectivity index (χ4v) is 2.42. The van der Waals surface area contributed by atoms with Crippen molar-refractivity contribution < 1.29 is 61.2 Å². The molecular weight excluding hydrogens is 363 g/mol. The van der Waals surface area contributed by atoms with E-state index in [1.807, 2.05) is 37.3 Å². The summed E-state index contributed by atoms with van der Waals surface area (Å²) < 4.78 is 4.71. The number of aryl methyl sites for hydroxylation is 1. The zero-order valence-corrected chi connectivity index (χ0v) is 19.9. The van der Waals surface area contributed by atoms with Crippen LogP contribution in [0.1, 0.15) is 37.8 Å². The Morgan fingerprint density at radius 2 is 1.70 bits per heavy atom. The largest absolute Gasteiger partial charge is 1.00 e. The van der Waals surface area contributed by atoms with E-state index in [1.54, 1.807) is 12.1 Å². The van der Waals surface area contributed by atoms with Crippen LogP contribution in [0.2, 0.25) is 0 Å². The summed E-state index contributed by atoms with van der Waals surface area (Å²) in [6.45, 7) is 6.75. The molecule has 0 saturated heterocycles. The molecule has 27 heavy (non-hydrogen) atoms. The first kappa shape index (κ1) is 24.2. The van der Waals surface area contributed by atoms with Crippen molar-refractivity contribution in [2.24, 2.45) is 15.9 Å². The summed E-state index contributed by atoms with van der Waals surface area (Å²) in [6.07, 6.45) is 2.29. The maximum Gasteiger partial charge on any atom is 1.00 e. The van der Waals surface area contributed by atoms with Crippen LogP contribution in [0.25, 0.3) is 0 Å². The van der Waals surface area contributed by atoms with Gasteiger partial charge in [0, 0.05) is 18.1 Å². The minimum atomic E-state index is -0.511. The van der Waals surface area contributed by atoms with Gasteiger partial charge in [0.1, 0.15) is 5.75 Å². The number of aliphatic imine (C=N–C) groups is 2. The third kappa shape index (κ3) is 9.28. The van der Waals surface area contributed by atoms with Crippen molar-refractivity contribution in [2.45, 2.75) is 33.6 Å². The Bertz CT molecular complexity index is 726. The maximum absolute atomic E-state index is 9.96. The Balaban J connectivity index is 0.000000288. The normalized spacial score (nSPS) is 12.5. The second-order valence-corrected chi connectivity index (χ2v) is 6.69. The third-order valence-corrected chi connectivity index (χ3v) is 3.96. The first-order valence-corrected chi connectivity index (χ1v) is 9.02. The van der Waals surface area contributed by atoms with E-state index in [0.717, 1.165) is 30.3 Å². The Morgan fingerprint density at radius 3 is 2.30 bits per heavy atom. The smallest absolute Gasteiger partial charge is 0.824 e. The summed E-state index contributed by atoms with van der Waals surface area (Å²) in [5.41, 5.74) is 3.52. The summed E-state index contributed by atoms with van der Waals surface area (Å²) in [6, 6.07) is 17.6. The zero-order valence-electron chi connectivity index (χ0n) is 16.8. The van der Waals surface area contributed by atoms with Crippen LogP contribution in [0.15, 0.2) is 64.6 Å². The van der Waals surface area contributed by atoms with Gasteiger partial charge in [-0.05, 0) is 37.8 Å². The average Bonchev–Trinajstić information content (AvgIpc) is 3.13. The van der Waals surface area contributed by atoms with E-state index in [9.17, 15) is 5.11 Å². The molecule has 4 nitrogen and oxygen atoms in total. The molecule has 0 fully saturated rings. The Labute approximate surface area is 205 Å². The van der Waals surface area contributed by atoms with Gasteiger partial charge >= 0.3 is 51.4 Å².